The van der Waals surface area contributed by atoms with Crippen molar-refractivity contribution < 1.29 is 4.79 Å². The largest absolute Gasteiger partial charge is 0.323 e. The summed E-state index contributed by atoms with van der Waals surface area (Å²) in [5.41, 5.74) is 1.67. The summed E-state index contributed by atoms with van der Waals surface area (Å²) in [5, 5.41) is 0.636. The van der Waals surface area contributed by atoms with Crippen molar-refractivity contribution in [2.24, 2.45) is 0 Å². The smallest absolute Gasteiger partial charge is 0.263 e. The van der Waals surface area contributed by atoms with Crippen molar-refractivity contribution >= 4 is 38.8 Å². The van der Waals surface area contributed by atoms with Crippen molar-refractivity contribution in [1.82, 2.24) is 4.98 Å². The van der Waals surface area contributed by atoms with Crippen LogP contribution in [-0.2, 0) is 4.79 Å². The summed E-state index contributed by atoms with van der Waals surface area (Å²) in [4.78, 5) is 17.0. The second kappa shape index (κ2) is 4.58. The lowest BCUT2D eigenvalue weighted by Crippen LogP contribution is -2.13. The van der Waals surface area contributed by atoms with E-state index in [1.54, 1.807) is 0 Å². The number of carbonyl (C=O) groups excluding carboxylic acids is 1. The summed E-state index contributed by atoms with van der Waals surface area (Å²) in [6.45, 7) is 0. The molecule has 2 aromatic carbocycles. The Balaban J connectivity index is 2.09. The standard InChI is InChI=1S/C14H9N2OS/c17-10-16(11-6-2-1-3-7-11)14-15-12-8-4-5-9-13(12)18-14/h1-9H. The molecule has 0 saturated heterocycles. The van der Waals surface area contributed by atoms with Crippen molar-refractivity contribution in [2.45, 2.75) is 0 Å². The van der Waals surface area contributed by atoms with Crippen molar-refractivity contribution in [3.63, 3.8) is 0 Å². The molecule has 87 valence electrons. The second-order valence-corrected chi connectivity index (χ2v) is 4.74. The molecule has 0 N–H and O–H groups in total. The first-order valence-corrected chi connectivity index (χ1v) is 6.28. The molecule has 0 aliphatic rings. The Hall–Kier alpha value is -2.20. The van der Waals surface area contributed by atoms with Crippen molar-refractivity contribution in [3.8, 4) is 0 Å². The molecule has 18 heavy (non-hydrogen) atoms. The predicted octanol–water partition coefficient (Wildman–Crippen LogP) is 3.50. The van der Waals surface area contributed by atoms with Crippen LogP contribution < -0.4 is 4.90 Å². The normalized spacial score (nSPS) is 10.4. The van der Waals surface area contributed by atoms with Crippen LogP contribution in [0.15, 0.2) is 54.6 Å². The van der Waals surface area contributed by atoms with Gasteiger partial charge in [-0.05, 0) is 24.3 Å². The van der Waals surface area contributed by atoms with E-state index in [-0.39, 0.29) is 0 Å². The van der Waals surface area contributed by atoms with Crippen LogP contribution in [0.4, 0.5) is 10.8 Å². The van der Waals surface area contributed by atoms with E-state index in [2.05, 4.69) is 4.98 Å². The highest BCUT2D eigenvalue weighted by atomic mass is 32.1. The molecular formula is C14H9N2OS. The molecule has 0 aliphatic heterocycles. The molecule has 0 bridgehead atoms. The zero-order chi connectivity index (χ0) is 12.4. The number of hydrogen-bond acceptors (Lipinski definition) is 3. The van der Waals surface area contributed by atoms with Crippen LogP contribution in [0.25, 0.3) is 10.2 Å². The van der Waals surface area contributed by atoms with Gasteiger partial charge in [0.25, 0.3) is 0 Å². The number of anilines is 2. The minimum atomic E-state index is 0.636. The number of rotatable bonds is 3. The van der Waals surface area contributed by atoms with Gasteiger partial charge in [0.2, 0.25) is 0 Å². The van der Waals surface area contributed by atoms with Crippen LogP contribution in [0.2, 0.25) is 0 Å². The Morgan fingerprint density at radius 1 is 1.00 bits per heavy atom. The quantitative estimate of drug-likeness (QED) is 0.669. The Labute approximate surface area is 108 Å². The van der Waals surface area contributed by atoms with E-state index >= 15 is 0 Å². The van der Waals surface area contributed by atoms with E-state index in [0.717, 1.165) is 15.9 Å². The highest BCUT2D eigenvalue weighted by Crippen LogP contribution is 2.31. The van der Waals surface area contributed by atoms with E-state index in [0.29, 0.717) is 5.13 Å². The summed E-state index contributed by atoms with van der Waals surface area (Å²) in [6.07, 6.45) is 1.93. The molecule has 0 unspecified atom stereocenters. The second-order valence-electron chi connectivity index (χ2n) is 3.73. The lowest BCUT2D eigenvalue weighted by atomic mass is 10.3. The molecule has 4 heteroatoms. The molecule has 1 aromatic heterocycles. The summed E-state index contributed by atoms with van der Waals surface area (Å²) in [5.74, 6) is 0. The first-order valence-electron chi connectivity index (χ1n) is 5.47. The van der Waals surface area contributed by atoms with E-state index in [1.807, 2.05) is 61.0 Å². The number of para-hydroxylation sites is 2. The monoisotopic (exact) mass is 253 g/mol. The minimum absolute atomic E-state index is 0.636. The molecule has 3 nitrogen and oxygen atoms in total. The van der Waals surface area contributed by atoms with E-state index in [9.17, 15) is 4.79 Å². The number of fused-ring (bicyclic) bond motifs is 1. The molecule has 0 saturated carbocycles. The molecular weight excluding hydrogens is 244 g/mol. The van der Waals surface area contributed by atoms with Gasteiger partial charge >= 0.3 is 6.41 Å². The number of aromatic nitrogens is 1. The first kappa shape index (κ1) is 10.9. The molecule has 0 fully saturated rings. The Morgan fingerprint density at radius 2 is 1.72 bits per heavy atom. The van der Waals surface area contributed by atoms with Crippen LogP contribution in [0.5, 0.6) is 0 Å². The maximum absolute atomic E-state index is 11.2. The van der Waals surface area contributed by atoms with Gasteiger partial charge in [0, 0.05) is 0 Å². The zero-order valence-corrected chi connectivity index (χ0v) is 10.2. The summed E-state index contributed by atoms with van der Waals surface area (Å²) in [6, 6.07) is 17.2. The maximum atomic E-state index is 11.2. The van der Waals surface area contributed by atoms with E-state index in [4.69, 9.17) is 0 Å². The van der Waals surface area contributed by atoms with Crippen LogP contribution in [-0.4, -0.2) is 11.4 Å². The van der Waals surface area contributed by atoms with Crippen LogP contribution in [0.3, 0.4) is 0 Å². The number of amides is 1. The molecule has 1 radical (unpaired) electrons. The third-order valence-corrected chi connectivity index (χ3v) is 3.60. The Bertz CT molecular complexity index is 645. The lowest BCUT2D eigenvalue weighted by molar-refractivity contribution is 0.556. The molecule has 1 heterocycles. The molecule has 0 atom stereocenters. The van der Waals surface area contributed by atoms with Gasteiger partial charge in [0.05, 0.1) is 15.9 Å². The molecule has 3 rings (SSSR count). The fourth-order valence-electron chi connectivity index (χ4n) is 1.73. The predicted molar refractivity (Wildman–Crippen MR) is 73.9 cm³/mol. The average Bonchev–Trinajstić information content (AvgIpc) is 2.84. The van der Waals surface area contributed by atoms with E-state index in [1.165, 1.54) is 16.2 Å². The van der Waals surface area contributed by atoms with E-state index < -0.39 is 0 Å². The lowest BCUT2D eigenvalue weighted by Gasteiger charge is -2.11. The minimum Gasteiger partial charge on any atom is -0.263 e. The van der Waals surface area contributed by atoms with Crippen LogP contribution in [0, 0.1) is 0 Å². The van der Waals surface area contributed by atoms with Crippen molar-refractivity contribution in [2.75, 3.05) is 4.90 Å². The van der Waals surface area contributed by atoms with Crippen LogP contribution >= 0.6 is 11.3 Å². The average molecular weight is 253 g/mol. The third kappa shape index (κ3) is 1.87. The highest BCUT2D eigenvalue weighted by Gasteiger charge is 2.13. The number of nitrogens with zero attached hydrogens (tertiary/aromatic N) is 2. The number of thiazole rings is 1. The molecule has 1 amide bonds. The molecule has 0 aliphatic carbocycles. The first-order chi connectivity index (χ1) is 8.88. The Morgan fingerprint density at radius 3 is 2.44 bits per heavy atom. The van der Waals surface area contributed by atoms with Gasteiger partial charge in [0.15, 0.2) is 5.13 Å². The number of hydrogen-bond donors (Lipinski definition) is 0. The van der Waals surface area contributed by atoms with Gasteiger partial charge in [0.1, 0.15) is 0 Å². The fraction of sp³-hybridized carbons (Fsp3) is 0. The number of benzene rings is 2. The SMILES string of the molecule is O=[C]N(c1ccccc1)c1nc2ccccc2s1. The highest BCUT2D eigenvalue weighted by molar-refractivity contribution is 7.22. The van der Waals surface area contributed by atoms with Gasteiger partial charge in [-0.3, -0.25) is 4.79 Å². The Kier molecular flexibility index (Phi) is 2.78. The third-order valence-electron chi connectivity index (χ3n) is 2.58. The zero-order valence-electron chi connectivity index (χ0n) is 9.41. The van der Waals surface area contributed by atoms with Gasteiger partial charge in [-0.2, -0.15) is 0 Å². The van der Waals surface area contributed by atoms with Gasteiger partial charge in [-0.1, -0.05) is 41.7 Å². The van der Waals surface area contributed by atoms with Gasteiger partial charge in [-0.25, -0.2) is 9.88 Å². The maximum Gasteiger partial charge on any atom is 0.323 e. The summed E-state index contributed by atoms with van der Waals surface area (Å²) < 4.78 is 1.06. The summed E-state index contributed by atoms with van der Waals surface area (Å²) >= 11 is 1.48. The van der Waals surface area contributed by atoms with Gasteiger partial charge < -0.3 is 0 Å². The molecule has 0 spiro atoms. The van der Waals surface area contributed by atoms with Crippen LogP contribution in [0.1, 0.15) is 0 Å². The van der Waals surface area contributed by atoms with Crippen molar-refractivity contribution in [1.29, 1.82) is 0 Å². The molecule has 3 aromatic rings. The fourth-order valence-corrected chi connectivity index (χ4v) is 2.67. The topological polar surface area (TPSA) is 33.2 Å². The van der Waals surface area contributed by atoms with Gasteiger partial charge in [-0.15, -0.1) is 0 Å². The summed E-state index contributed by atoms with van der Waals surface area (Å²) in [7, 11) is 0. The van der Waals surface area contributed by atoms with Crippen molar-refractivity contribution in [3.05, 3.63) is 54.6 Å².